The lowest BCUT2D eigenvalue weighted by Crippen LogP contribution is -2.38. The largest absolute Gasteiger partial charge is 0.868 e. The van der Waals surface area contributed by atoms with Crippen LogP contribution in [0.25, 0.3) is 0 Å². The highest BCUT2D eigenvalue weighted by Gasteiger charge is 2.36. The molecule has 1 aromatic carbocycles. The van der Waals surface area contributed by atoms with E-state index in [0.717, 1.165) is 29.8 Å². The molecule has 0 fully saturated rings. The van der Waals surface area contributed by atoms with Gasteiger partial charge in [0.2, 0.25) is 0 Å². The Balaban J connectivity index is 1.65. The van der Waals surface area contributed by atoms with Crippen molar-refractivity contribution in [3.63, 3.8) is 0 Å². The van der Waals surface area contributed by atoms with Crippen LogP contribution in [0.2, 0.25) is 0 Å². The summed E-state index contributed by atoms with van der Waals surface area (Å²) in [6.07, 6.45) is 2.32. The van der Waals surface area contributed by atoms with Crippen LogP contribution in [-0.2, 0) is 12.8 Å². The number of nitro groups is 1. The Hall–Kier alpha value is -2.61. The summed E-state index contributed by atoms with van der Waals surface area (Å²) in [4.78, 5) is 24.4. The summed E-state index contributed by atoms with van der Waals surface area (Å²) in [6, 6.07) is 3.92. The average Bonchev–Trinajstić information content (AvgIpc) is 2.99. The van der Waals surface area contributed by atoms with E-state index >= 15 is 0 Å². The second kappa shape index (κ2) is 6.48. The molecule has 0 saturated carbocycles. The number of carbonyl (C=O) groups excluding carboxylic acids is 1. The molecule has 148 valence electrons. The summed E-state index contributed by atoms with van der Waals surface area (Å²) in [5.74, 6) is -0.234. The molecule has 2 heterocycles. The Bertz CT molecular complexity index is 977. The summed E-state index contributed by atoms with van der Waals surface area (Å²) in [5.41, 5.74) is 2.06. The number of hydrogen-bond acceptors (Lipinski definition) is 6. The van der Waals surface area contributed by atoms with E-state index in [-0.39, 0.29) is 11.3 Å². The van der Waals surface area contributed by atoms with E-state index in [2.05, 4.69) is 31.4 Å². The third kappa shape index (κ3) is 3.11. The fourth-order valence-corrected chi connectivity index (χ4v) is 5.41. The standard InChI is InChI=1S/C20H23N3O4S/c1-20(2,3)11-5-6-12-15(9-11)28-19-16(12)18(25)21-17(22-19)10-4-7-14(24)13(8-10)23(26)27/h4,7-8,11,17,22,24H,5-6,9H2,1-3H3,(H,21,25)/p-1/t11-,17+/m0/s1. The number of rotatable bonds is 2. The smallest absolute Gasteiger partial charge is 0.262 e. The fraction of sp³-hybridized carbons (Fsp3) is 0.450. The maximum atomic E-state index is 12.8. The Morgan fingerprint density at radius 2 is 2.00 bits per heavy atom. The van der Waals surface area contributed by atoms with Crippen LogP contribution in [0.15, 0.2) is 18.2 Å². The first kappa shape index (κ1) is 18.7. The third-order valence-electron chi connectivity index (χ3n) is 5.78. The fourth-order valence-electron chi connectivity index (χ4n) is 4.06. The van der Waals surface area contributed by atoms with E-state index in [4.69, 9.17) is 0 Å². The molecule has 0 radical (unpaired) electrons. The normalized spacial score (nSPS) is 21.3. The lowest BCUT2D eigenvalue weighted by molar-refractivity contribution is -0.398. The molecule has 2 atom stereocenters. The zero-order chi connectivity index (χ0) is 20.2. The number of carbonyl (C=O) groups is 1. The van der Waals surface area contributed by atoms with Crippen molar-refractivity contribution in [3.8, 4) is 5.75 Å². The van der Waals surface area contributed by atoms with Crippen LogP contribution in [0.3, 0.4) is 0 Å². The number of benzene rings is 1. The Morgan fingerprint density at radius 1 is 1.25 bits per heavy atom. The van der Waals surface area contributed by atoms with Gasteiger partial charge in [-0.25, -0.2) is 0 Å². The van der Waals surface area contributed by atoms with Gasteiger partial charge in [-0.3, -0.25) is 14.9 Å². The molecule has 0 spiro atoms. The first-order valence-electron chi connectivity index (χ1n) is 9.32. The van der Waals surface area contributed by atoms with Crippen molar-refractivity contribution in [1.29, 1.82) is 0 Å². The molecule has 1 amide bonds. The molecule has 8 heteroatoms. The highest BCUT2D eigenvalue weighted by Crippen LogP contribution is 2.46. The van der Waals surface area contributed by atoms with E-state index in [9.17, 15) is 20.0 Å². The van der Waals surface area contributed by atoms with E-state index in [1.807, 2.05) is 0 Å². The minimum atomic E-state index is -0.696. The summed E-state index contributed by atoms with van der Waals surface area (Å²) in [7, 11) is 0. The van der Waals surface area contributed by atoms with Gasteiger partial charge < -0.3 is 15.7 Å². The molecular formula is C20H22N3O4S-. The number of thiophene rings is 1. The van der Waals surface area contributed by atoms with Crippen molar-refractivity contribution in [2.45, 2.75) is 46.2 Å². The van der Waals surface area contributed by atoms with Crippen molar-refractivity contribution >= 4 is 27.9 Å². The molecule has 0 unspecified atom stereocenters. The second-order valence-electron chi connectivity index (χ2n) is 8.55. The summed E-state index contributed by atoms with van der Waals surface area (Å²) < 4.78 is 0. The van der Waals surface area contributed by atoms with E-state index in [1.54, 1.807) is 11.3 Å². The third-order valence-corrected chi connectivity index (χ3v) is 6.97. The SMILES string of the molecule is CC(C)(C)[C@H]1CCc2c(sc3c2C(=O)N[C@@H](c2ccc([O-])c([N+](=O)[O-])c2)N3)C1. The van der Waals surface area contributed by atoms with E-state index in [0.29, 0.717) is 17.0 Å². The molecule has 2 aromatic rings. The maximum Gasteiger partial charge on any atom is 0.262 e. The topological polar surface area (TPSA) is 107 Å². The molecular weight excluding hydrogens is 378 g/mol. The predicted octanol–water partition coefficient (Wildman–Crippen LogP) is 3.74. The molecule has 0 bridgehead atoms. The Morgan fingerprint density at radius 3 is 2.68 bits per heavy atom. The van der Waals surface area contributed by atoms with E-state index in [1.165, 1.54) is 23.1 Å². The van der Waals surface area contributed by atoms with Gasteiger partial charge in [-0.15, -0.1) is 11.3 Å². The molecule has 2 aliphatic rings. The highest BCUT2D eigenvalue weighted by molar-refractivity contribution is 7.16. The number of nitro benzene ring substituents is 1. The summed E-state index contributed by atoms with van der Waals surface area (Å²) in [5, 5.41) is 29.7. The Kier molecular flexibility index (Phi) is 4.33. The van der Waals surface area contributed by atoms with Gasteiger partial charge in [0.15, 0.2) is 0 Å². The molecule has 4 rings (SSSR count). The number of hydrogen-bond donors (Lipinski definition) is 2. The number of nitrogens with zero attached hydrogens (tertiary/aromatic N) is 1. The molecule has 1 aromatic heterocycles. The Labute approximate surface area is 166 Å². The van der Waals surface area contributed by atoms with Crippen LogP contribution in [0.4, 0.5) is 10.7 Å². The minimum absolute atomic E-state index is 0.167. The van der Waals surface area contributed by atoms with Crippen LogP contribution >= 0.6 is 11.3 Å². The van der Waals surface area contributed by atoms with Gasteiger partial charge in [-0.2, -0.15) is 0 Å². The molecule has 2 N–H and O–H groups in total. The summed E-state index contributed by atoms with van der Waals surface area (Å²) >= 11 is 1.61. The van der Waals surface area contributed by atoms with Crippen molar-refractivity contribution in [2.75, 3.05) is 5.32 Å². The monoisotopic (exact) mass is 400 g/mol. The van der Waals surface area contributed by atoms with Crippen molar-refractivity contribution in [1.82, 2.24) is 5.32 Å². The zero-order valence-electron chi connectivity index (χ0n) is 16.0. The van der Waals surface area contributed by atoms with Crippen LogP contribution in [0.1, 0.15) is 59.7 Å². The van der Waals surface area contributed by atoms with Gasteiger partial charge in [0.1, 0.15) is 11.2 Å². The lowest BCUT2D eigenvalue weighted by atomic mass is 9.72. The highest BCUT2D eigenvalue weighted by atomic mass is 32.1. The lowest BCUT2D eigenvalue weighted by Gasteiger charge is -2.34. The van der Waals surface area contributed by atoms with Gasteiger partial charge in [-0.05, 0) is 41.9 Å². The van der Waals surface area contributed by atoms with Gasteiger partial charge in [0.05, 0.1) is 10.5 Å². The van der Waals surface area contributed by atoms with Crippen LogP contribution in [0, 0.1) is 21.4 Å². The number of anilines is 1. The van der Waals surface area contributed by atoms with Crippen molar-refractivity contribution < 1.29 is 14.8 Å². The predicted molar refractivity (Wildman–Crippen MR) is 106 cm³/mol. The first-order valence-corrected chi connectivity index (χ1v) is 10.1. The van der Waals surface area contributed by atoms with Gasteiger partial charge >= 0.3 is 0 Å². The number of amides is 1. The first-order chi connectivity index (χ1) is 13.1. The average molecular weight is 400 g/mol. The second-order valence-corrected chi connectivity index (χ2v) is 9.65. The number of fused-ring (bicyclic) bond motifs is 3. The van der Waals surface area contributed by atoms with E-state index < -0.39 is 22.5 Å². The molecule has 1 aliphatic carbocycles. The quantitative estimate of drug-likeness (QED) is 0.590. The minimum Gasteiger partial charge on any atom is -0.868 e. The van der Waals surface area contributed by atoms with Gasteiger partial charge in [0.25, 0.3) is 11.6 Å². The molecule has 7 nitrogen and oxygen atoms in total. The van der Waals surface area contributed by atoms with Gasteiger partial charge in [-0.1, -0.05) is 32.9 Å². The van der Waals surface area contributed by atoms with Crippen LogP contribution in [0.5, 0.6) is 5.75 Å². The maximum absolute atomic E-state index is 12.8. The summed E-state index contributed by atoms with van der Waals surface area (Å²) in [6.45, 7) is 6.76. The van der Waals surface area contributed by atoms with Crippen molar-refractivity contribution in [2.24, 2.45) is 11.3 Å². The van der Waals surface area contributed by atoms with Crippen LogP contribution in [-0.4, -0.2) is 10.8 Å². The molecule has 0 saturated heterocycles. The number of nitrogens with one attached hydrogen (secondary N) is 2. The molecule has 1 aliphatic heterocycles. The zero-order valence-corrected chi connectivity index (χ0v) is 16.8. The molecule has 28 heavy (non-hydrogen) atoms. The van der Waals surface area contributed by atoms with Gasteiger partial charge in [0, 0.05) is 16.5 Å². The van der Waals surface area contributed by atoms with Crippen molar-refractivity contribution in [3.05, 3.63) is 49.9 Å². The van der Waals surface area contributed by atoms with Crippen LogP contribution < -0.4 is 15.7 Å².